The first-order valence-electron chi connectivity index (χ1n) is 7.90. The standard InChI is InChI=1S/C18H21FN4O/c1-12-16(13(2)23(22-12)8-9-24-3)11-20-18-7-5-14-4-6-15(19)10-17(14)21-18/h4-7,10H,8-9,11H2,1-3H3,(H,20,21). The van der Waals surface area contributed by atoms with Crippen molar-refractivity contribution in [2.24, 2.45) is 0 Å². The number of hydrogen-bond donors (Lipinski definition) is 1. The van der Waals surface area contributed by atoms with Crippen LogP contribution >= 0.6 is 0 Å². The van der Waals surface area contributed by atoms with E-state index in [0.717, 1.165) is 34.7 Å². The van der Waals surface area contributed by atoms with E-state index in [-0.39, 0.29) is 5.82 Å². The van der Waals surface area contributed by atoms with E-state index >= 15 is 0 Å². The highest BCUT2D eigenvalue weighted by molar-refractivity contribution is 5.80. The Bertz CT molecular complexity index is 860. The van der Waals surface area contributed by atoms with E-state index in [1.165, 1.54) is 12.1 Å². The molecule has 0 aliphatic carbocycles. The summed E-state index contributed by atoms with van der Waals surface area (Å²) < 4.78 is 20.4. The highest BCUT2D eigenvalue weighted by Gasteiger charge is 2.11. The molecule has 0 spiro atoms. The van der Waals surface area contributed by atoms with Crippen molar-refractivity contribution in [3.05, 3.63) is 53.1 Å². The summed E-state index contributed by atoms with van der Waals surface area (Å²) in [5.74, 6) is 0.440. The van der Waals surface area contributed by atoms with Crippen LogP contribution in [-0.2, 0) is 17.8 Å². The van der Waals surface area contributed by atoms with E-state index in [1.807, 2.05) is 23.7 Å². The van der Waals surface area contributed by atoms with Crippen molar-refractivity contribution in [3.63, 3.8) is 0 Å². The summed E-state index contributed by atoms with van der Waals surface area (Å²) in [6.45, 7) is 6.04. The van der Waals surface area contributed by atoms with Crippen LogP contribution in [0.1, 0.15) is 17.0 Å². The number of methoxy groups -OCH3 is 1. The third-order valence-corrected chi connectivity index (χ3v) is 4.14. The molecule has 0 fully saturated rings. The Kier molecular flexibility index (Phi) is 4.76. The minimum absolute atomic E-state index is 0.279. The maximum atomic E-state index is 13.3. The lowest BCUT2D eigenvalue weighted by molar-refractivity contribution is 0.182. The van der Waals surface area contributed by atoms with Crippen LogP contribution in [0.15, 0.2) is 30.3 Å². The van der Waals surface area contributed by atoms with E-state index in [1.54, 1.807) is 13.2 Å². The van der Waals surface area contributed by atoms with Gasteiger partial charge in [0.1, 0.15) is 11.6 Å². The van der Waals surface area contributed by atoms with E-state index in [0.29, 0.717) is 18.7 Å². The number of anilines is 1. The van der Waals surface area contributed by atoms with E-state index < -0.39 is 0 Å². The molecule has 0 saturated carbocycles. The lowest BCUT2D eigenvalue weighted by Crippen LogP contribution is -2.08. The number of aromatic nitrogens is 3. The summed E-state index contributed by atoms with van der Waals surface area (Å²) >= 11 is 0. The van der Waals surface area contributed by atoms with Crippen LogP contribution in [-0.4, -0.2) is 28.5 Å². The first-order valence-corrected chi connectivity index (χ1v) is 7.90. The fourth-order valence-electron chi connectivity index (χ4n) is 2.75. The van der Waals surface area contributed by atoms with Crippen LogP contribution < -0.4 is 5.32 Å². The lowest BCUT2D eigenvalue weighted by Gasteiger charge is -2.08. The van der Waals surface area contributed by atoms with Gasteiger partial charge in [-0.25, -0.2) is 9.37 Å². The van der Waals surface area contributed by atoms with Gasteiger partial charge in [0.15, 0.2) is 0 Å². The Labute approximate surface area is 140 Å². The maximum Gasteiger partial charge on any atom is 0.126 e. The van der Waals surface area contributed by atoms with Gasteiger partial charge in [-0.3, -0.25) is 4.68 Å². The van der Waals surface area contributed by atoms with Crippen LogP contribution in [0.4, 0.5) is 10.2 Å². The molecule has 2 aromatic heterocycles. The van der Waals surface area contributed by atoms with Gasteiger partial charge in [-0.15, -0.1) is 0 Å². The number of fused-ring (bicyclic) bond motifs is 1. The molecule has 0 aliphatic heterocycles. The minimum atomic E-state index is -0.279. The Balaban J connectivity index is 1.77. The van der Waals surface area contributed by atoms with Gasteiger partial charge in [0.05, 0.1) is 24.4 Å². The molecule has 126 valence electrons. The third kappa shape index (κ3) is 3.38. The molecule has 3 rings (SSSR count). The summed E-state index contributed by atoms with van der Waals surface area (Å²) in [5.41, 5.74) is 3.89. The number of benzene rings is 1. The summed E-state index contributed by atoms with van der Waals surface area (Å²) in [5, 5.41) is 8.77. The SMILES string of the molecule is COCCn1nc(C)c(CNc2ccc3ccc(F)cc3n2)c1C. The molecule has 6 heteroatoms. The third-order valence-electron chi connectivity index (χ3n) is 4.14. The second-order valence-corrected chi connectivity index (χ2v) is 5.75. The molecule has 24 heavy (non-hydrogen) atoms. The fourth-order valence-corrected chi connectivity index (χ4v) is 2.75. The zero-order chi connectivity index (χ0) is 17.1. The average Bonchev–Trinajstić information content (AvgIpc) is 2.84. The number of rotatable bonds is 6. The number of aryl methyl sites for hydroxylation is 1. The van der Waals surface area contributed by atoms with Crippen LogP contribution in [0, 0.1) is 19.7 Å². The van der Waals surface area contributed by atoms with Crippen molar-refractivity contribution < 1.29 is 9.13 Å². The molecular formula is C18H21FN4O. The van der Waals surface area contributed by atoms with Gasteiger partial charge in [-0.05, 0) is 38.1 Å². The number of ether oxygens (including phenoxy) is 1. The fraction of sp³-hybridized carbons (Fsp3) is 0.333. The number of halogens is 1. The van der Waals surface area contributed by atoms with Crippen molar-refractivity contribution in [1.82, 2.24) is 14.8 Å². The van der Waals surface area contributed by atoms with Crippen LogP contribution in [0.2, 0.25) is 0 Å². The maximum absolute atomic E-state index is 13.3. The van der Waals surface area contributed by atoms with Gasteiger partial charge in [0, 0.05) is 36.4 Å². The molecule has 0 amide bonds. The zero-order valence-corrected chi connectivity index (χ0v) is 14.1. The van der Waals surface area contributed by atoms with E-state index in [4.69, 9.17) is 4.74 Å². The quantitative estimate of drug-likeness (QED) is 0.753. The van der Waals surface area contributed by atoms with Gasteiger partial charge in [0.2, 0.25) is 0 Å². The molecule has 0 aliphatic rings. The number of nitrogens with zero attached hydrogens (tertiary/aromatic N) is 3. The molecular weight excluding hydrogens is 307 g/mol. The van der Waals surface area contributed by atoms with Gasteiger partial charge in [0.25, 0.3) is 0 Å². The summed E-state index contributed by atoms with van der Waals surface area (Å²) in [7, 11) is 1.68. The van der Waals surface area contributed by atoms with Crippen LogP contribution in [0.5, 0.6) is 0 Å². The second kappa shape index (κ2) is 6.97. The van der Waals surface area contributed by atoms with Gasteiger partial charge in [-0.2, -0.15) is 5.10 Å². The van der Waals surface area contributed by atoms with Crippen LogP contribution in [0.3, 0.4) is 0 Å². The molecule has 0 unspecified atom stereocenters. The summed E-state index contributed by atoms with van der Waals surface area (Å²) in [6, 6.07) is 8.46. The molecule has 1 N–H and O–H groups in total. The molecule has 0 atom stereocenters. The average molecular weight is 328 g/mol. The molecule has 5 nitrogen and oxygen atoms in total. The zero-order valence-electron chi connectivity index (χ0n) is 14.1. The van der Waals surface area contributed by atoms with Gasteiger partial charge >= 0.3 is 0 Å². The van der Waals surface area contributed by atoms with Crippen molar-refractivity contribution in [2.45, 2.75) is 26.9 Å². The number of nitrogens with one attached hydrogen (secondary N) is 1. The highest BCUT2D eigenvalue weighted by Crippen LogP contribution is 2.18. The molecule has 0 bridgehead atoms. The second-order valence-electron chi connectivity index (χ2n) is 5.75. The monoisotopic (exact) mass is 328 g/mol. The van der Waals surface area contributed by atoms with E-state index in [2.05, 4.69) is 22.3 Å². The lowest BCUT2D eigenvalue weighted by atomic mass is 10.2. The first kappa shape index (κ1) is 16.4. The molecule has 3 aromatic rings. The van der Waals surface area contributed by atoms with Crippen molar-refractivity contribution in [1.29, 1.82) is 0 Å². The van der Waals surface area contributed by atoms with Gasteiger partial charge < -0.3 is 10.1 Å². The predicted octanol–water partition coefficient (Wildman–Crippen LogP) is 3.45. The smallest absolute Gasteiger partial charge is 0.126 e. The number of hydrogen-bond acceptors (Lipinski definition) is 4. The minimum Gasteiger partial charge on any atom is -0.383 e. The molecule has 0 saturated heterocycles. The summed E-state index contributed by atoms with van der Waals surface area (Å²) in [4.78, 5) is 4.47. The predicted molar refractivity (Wildman–Crippen MR) is 92.6 cm³/mol. The van der Waals surface area contributed by atoms with Crippen molar-refractivity contribution >= 4 is 16.7 Å². The summed E-state index contributed by atoms with van der Waals surface area (Å²) in [6.07, 6.45) is 0. The Hall–Kier alpha value is -2.47. The van der Waals surface area contributed by atoms with Crippen LogP contribution in [0.25, 0.3) is 10.9 Å². The van der Waals surface area contributed by atoms with Gasteiger partial charge in [-0.1, -0.05) is 0 Å². The van der Waals surface area contributed by atoms with Crippen molar-refractivity contribution in [3.8, 4) is 0 Å². The Morgan fingerprint density at radius 1 is 1.21 bits per heavy atom. The largest absolute Gasteiger partial charge is 0.383 e. The van der Waals surface area contributed by atoms with E-state index in [9.17, 15) is 4.39 Å². The Morgan fingerprint density at radius 2 is 2.00 bits per heavy atom. The Morgan fingerprint density at radius 3 is 2.79 bits per heavy atom. The normalized spacial score (nSPS) is 11.2. The molecule has 1 aromatic carbocycles. The molecule has 0 radical (unpaired) electrons. The first-order chi connectivity index (χ1) is 11.6. The topological polar surface area (TPSA) is 52.0 Å². The highest BCUT2D eigenvalue weighted by atomic mass is 19.1. The number of pyridine rings is 1. The van der Waals surface area contributed by atoms with Crippen molar-refractivity contribution in [2.75, 3.05) is 19.0 Å². The molecule has 2 heterocycles.